The van der Waals surface area contributed by atoms with E-state index in [4.69, 9.17) is 0 Å². The van der Waals surface area contributed by atoms with Crippen molar-refractivity contribution in [1.82, 2.24) is 10.6 Å². The van der Waals surface area contributed by atoms with Crippen LogP contribution in [0.4, 0.5) is 4.39 Å². The Bertz CT molecular complexity index is 539. The van der Waals surface area contributed by atoms with E-state index in [1.165, 1.54) is 12.1 Å². The van der Waals surface area contributed by atoms with Gasteiger partial charge in [0.1, 0.15) is 11.4 Å². The number of benzene rings is 1. The van der Waals surface area contributed by atoms with Gasteiger partial charge in [0.15, 0.2) is 5.96 Å². The maximum absolute atomic E-state index is 13.2. The second-order valence-electron chi connectivity index (χ2n) is 4.92. The molecule has 1 atom stereocenters. The van der Waals surface area contributed by atoms with E-state index in [1.807, 2.05) is 0 Å². The first-order valence-electron chi connectivity index (χ1n) is 6.01. The van der Waals surface area contributed by atoms with Gasteiger partial charge in [-0.3, -0.25) is 10.1 Å². The molecule has 1 unspecified atom stereocenters. The first-order valence-corrected chi connectivity index (χ1v) is 6.01. The number of nitrogens with one attached hydrogen (secondary N) is 2. The molecule has 0 bridgehead atoms. The lowest BCUT2D eigenvalue weighted by Crippen LogP contribution is -2.40. The molecule has 0 spiro atoms. The highest BCUT2D eigenvalue weighted by atomic mass is 19.1. The van der Waals surface area contributed by atoms with Crippen molar-refractivity contribution in [2.24, 2.45) is 4.99 Å². The number of carbonyl (C=O) groups excluding carboxylic acids is 1. The van der Waals surface area contributed by atoms with Gasteiger partial charge in [-0.25, -0.2) is 9.38 Å². The highest BCUT2D eigenvalue weighted by Gasteiger charge is 2.43. The fourth-order valence-corrected chi connectivity index (χ4v) is 2.01. The van der Waals surface area contributed by atoms with Crippen LogP contribution in [0, 0.1) is 5.82 Å². The summed E-state index contributed by atoms with van der Waals surface area (Å²) in [6.07, 6.45) is 2.13. The monoisotopic (exact) mass is 247 g/mol. The predicted octanol–water partition coefficient (Wildman–Crippen LogP) is 1.28. The first kappa shape index (κ1) is 11.2. The van der Waals surface area contributed by atoms with Crippen LogP contribution in [0.2, 0.25) is 0 Å². The van der Waals surface area contributed by atoms with E-state index in [-0.39, 0.29) is 11.7 Å². The van der Waals surface area contributed by atoms with Crippen LogP contribution >= 0.6 is 0 Å². The van der Waals surface area contributed by atoms with E-state index in [2.05, 4.69) is 15.6 Å². The molecule has 1 heterocycles. The van der Waals surface area contributed by atoms with Crippen LogP contribution in [0.15, 0.2) is 29.3 Å². The van der Waals surface area contributed by atoms with E-state index in [0.717, 1.165) is 12.8 Å². The zero-order valence-corrected chi connectivity index (χ0v) is 10.0. The Morgan fingerprint density at radius 3 is 2.89 bits per heavy atom. The van der Waals surface area contributed by atoms with Crippen LogP contribution in [0.1, 0.15) is 25.3 Å². The molecule has 1 aromatic carbocycles. The zero-order chi connectivity index (χ0) is 12.8. The summed E-state index contributed by atoms with van der Waals surface area (Å²) in [5.74, 6) is -0.0577. The van der Waals surface area contributed by atoms with Crippen molar-refractivity contribution in [3.8, 4) is 0 Å². The summed E-state index contributed by atoms with van der Waals surface area (Å²) in [6, 6.07) is 6.38. The van der Waals surface area contributed by atoms with Gasteiger partial charge in [-0.15, -0.1) is 0 Å². The molecule has 2 fully saturated rings. The number of hydrogen-bond acceptors (Lipinski definition) is 2. The number of rotatable bonds is 2. The van der Waals surface area contributed by atoms with Crippen LogP contribution in [0.25, 0.3) is 0 Å². The lowest BCUT2D eigenvalue weighted by atomic mass is 9.92. The highest BCUT2D eigenvalue weighted by Crippen LogP contribution is 2.27. The summed E-state index contributed by atoms with van der Waals surface area (Å²) in [5, 5.41) is 5.77. The summed E-state index contributed by atoms with van der Waals surface area (Å²) in [7, 11) is 0. The summed E-state index contributed by atoms with van der Waals surface area (Å²) in [5.41, 5.74) is -0.350. The Morgan fingerprint density at radius 1 is 1.44 bits per heavy atom. The predicted molar refractivity (Wildman–Crippen MR) is 65.5 cm³/mol. The highest BCUT2D eigenvalue weighted by molar-refractivity contribution is 6.09. The van der Waals surface area contributed by atoms with E-state index in [0.29, 0.717) is 17.6 Å². The normalized spacial score (nSPS) is 29.2. The lowest BCUT2D eigenvalue weighted by molar-refractivity contribution is -0.123. The maximum Gasteiger partial charge on any atom is 0.256 e. The number of guanidine groups is 1. The van der Waals surface area contributed by atoms with Gasteiger partial charge in [-0.05, 0) is 37.5 Å². The van der Waals surface area contributed by atoms with Gasteiger partial charge in [-0.1, -0.05) is 12.1 Å². The van der Waals surface area contributed by atoms with Crippen molar-refractivity contribution < 1.29 is 9.18 Å². The van der Waals surface area contributed by atoms with E-state index < -0.39 is 5.54 Å². The molecule has 2 aliphatic rings. The number of carbonyl (C=O) groups is 1. The van der Waals surface area contributed by atoms with Crippen molar-refractivity contribution in [3.63, 3.8) is 0 Å². The summed E-state index contributed by atoms with van der Waals surface area (Å²) in [6.45, 7) is 1.73. The number of halogens is 1. The Labute approximate surface area is 104 Å². The second-order valence-corrected chi connectivity index (χ2v) is 4.92. The average molecular weight is 247 g/mol. The van der Waals surface area contributed by atoms with Crippen molar-refractivity contribution in [2.75, 3.05) is 0 Å². The molecule has 2 N–H and O–H groups in total. The van der Waals surface area contributed by atoms with Gasteiger partial charge in [0.05, 0.1) is 6.04 Å². The SMILES string of the molecule is CC1(c2cccc(F)c2)NC(=NC2CC2)NC1=O. The molecule has 1 saturated carbocycles. The third kappa shape index (κ3) is 1.85. The minimum Gasteiger partial charge on any atom is -0.338 e. The summed E-state index contributed by atoms with van der Waals surface area (Å²) < 4.78 is 13.2. The molecule has 1 aliphatic carbocycles. The van der Waals surface area contributed by atoms with Crippen LogP contribution < -0.4 is 10.6 Å². The van der Waals surface area contributed by atoms with Crippen LogP contribution in [-0.4, -0.2) is 17.9 Å². The van der Waals surface area contributed by atoms with Crippen molar-refractivity contribution in [3.05, 3.63) is 35.6 Å². The van der Waals surface area contributed by atoms with Crippen molar-refractivity contribution in [2.45, 2.75) is 31.3 Å². The van der Waals surface area contributed by atoms with Gasteiger partial charge in [0.25, 0.3) is 5.91 Å². The summed E-state index contributed by atoms with van der Waals surface area (Å²) >= 11 is 0. The number of amides is 1. The van der Waals surface area contributed by atoms with Crippen molar-refractivity contribution in [1.29, 1.82) is 0 Å². The Kier molecular flexibility index (Phi) is 2.36. The Morgan fingerprint density at radius 2 is 2.22 bits per heavy atom. The minimum absolute atomic E-state index is 0.201. The van der Waals surface area contributed by atoms with Gasteiger partial charge in [-0.2, -0.15) is 0 Å². The van der Waals surface area contributed by atoms with Crippen LogP contribution in [0.3, 0.4) is 0 Å². The van der Waals surface area contributed by atoms with E-state index >= 15 is 0 Å². The molecule has 0 radical (unpaired) electrons. The van der Waals surface area contributed by atoms with Gasteiger partial charge in [0, 0.05) is 0 Å². The quantitative estimate of drug-likeness (QED) is 0.827. The molecular formula is C13H14FN3O. The van der Waals surface area contributed by atoms with Gasteiger partial charge in [0.2, 0.25) is 0 Å². The fraction of sp³-hybridized carbons (Fsp3) is 0.385. The minimum atomic E-state index is -0.949. The molecule has 0 aromatic heterocycles. The van der Waals surface area contributed by atoms with E-state index in [1.54, 1.807) is 19.1 Å². The van der Waals surface area contributed by atoms with Gasteiger partial charge >= 0.3 is 0 Å². The Hall–Kier alpha value is -1.91. The topological polar surface area (TPSA) is 53.5 Å². The maximum atomic E-state index is 13.2. The first-order chi connectivity index (χ1) is 8.58. The average Bonchev–Trinajstić information content (AvgIpc) is 3.07. The standard InChI is InChI=1S/C13H14FN3O/c1-13(8-3-2-4-9(14)7-8)11(18)16-12(17-13)15-10-5-6-10/h2-4,7,10H,5-6H2,1H3,(H2,15,16,17,18). The molecule has 4 nitrogen and oxygen atoms in total. The lowest BCUT2D eigenvalue weighted by Gasteiger charge is -2.21. The second kappa shape index (κ2) is 3.80. The number of hydrogen-bond donors (Lipinski definition) is 2. The molecule has 1 aromatic rings. The molecule has 5 heteroatoms. The molecule has 18 heavy (non-hydrogen) atoms. The molecule has 3 rings (SSSR count). The summed E-state index contributed by atoms with van der Waals surface area (Å²) in [4.78, 5) is 16.4. The fourth-order valence-electron chi connectivity index (χ4n) is 2.01. The number of nitrogens with zero attached hydrogens (tertiary/aromatic N) is 1. The van der Waals surface area contributed by atoms with Crippen LogP contribution in [0.5, 0.6) is 0 Å². The van der Waals surface area contributed by atoms with Crippen molar-refractivity contribution >= 4 is 11.9 Å². The molecular weight excluding hydrogens is 233 g/mol. The van der Waals surface area contributed by atoms with E-state index in [9.17, 15) is 9.18 Å². The van der Waals surface area contributed by atoms with Gasteiger partial charge < -0.3 is 5.32 Å². The molecule has 1 amide bonds. The van der Waals surface area contributed by atoms with Crippen LogP contribution in [-0.2, 0) is 10.3 Å². The Balaban J connectivity index is 1.92. The zero-order valence-electron chi connectivity index (χ0n) is 10.0. The largest absolute Gasteiger partial charge is 0.338 e. The third-order valence-corrected chi connectivity index (χ3v) is 3.31. The molecule has 94 valence electrons. The third-order valence-electron chi connectivity index (χ3n) is 3.31. The number of aliphatic imine (C=N–C) groups is 1. The molecule has 1 aliphatic heterocycles. The smallest absolute Gasteiger partial charge is 0.256 e. The molecule has 1 saturated heterocycles.